The van der Waals surface area contributed by atoms with Crippen molar-refractivity contribution in [3.63, 3.8) is 0 Å². The molecule has 1 saturated carbocycles. The first kappa shape index (κ1) is 18.4. The van der Waals surface area contributed by atoms with E-state index >= 15 is 0 Å². The van der Waals surface area contributed by atoms with E-state index in [0.29, 0.717) is 24.7 Å². The Balaban J connectivity index is 1.20. The molecule has 1 aliphatic carbocycles. The molecule has 2 aromatic rings. The summed E-state index contributed by atoms with van der Waals surface area (Å²) < 4.78 is 5.34. The van der Waals surface area contributed by atoms with Crippen molar-refractivity contribution in [3.05, 3.63) is 29.9 Å². The molecular weight excluding hydrogens is 370 g/mol. The van der Waals surface area contributed by atoms with E-state index in [0.717, 1.165) is 69.5 Å². The van der Waals surface area contributed by atoms with Crippen molar-refractivity contribution in [1.29, 1.82) is 0 Å². The minimum Gasteiger partial charge on any atom is -0.360 e. The third kappa shape index (κ3) is 3.91. The van der Waals surface area contributed by atoms with Gasteiger partial charge in [-0.25, -0.2) is 9.97 Å². The van der Waals surface area contributed by atoms with Crippen LogP contribution in [0.15, 0.2) is 23.0 Å². The van der Waals surface area contributed by atoms with E-state index < -0.39 is 0 Å². The Hall–Kier alpha value is -2.68. The highest BCUT2D eigenvalue weighted by molar-refractivity contribution is 5.92. The zero-order valence-corrected chi connectivity index (χ0v) is 16.8. The number of aromatic nitrogens is 3. The standard InChI is InChI=1S/C20H27N7O2/c1-24-4-6-25(7-5-24)18-13-19(22-14-21-18)26-8-10-27(11-9-26)20(28)16-12-17(29-23-16)15-2-3-15/h12-15H,2-11H2,1H3. The van der Waals surface area contributed by atoms with Gasteiger partial charge < -0.3 is 24.1 Å². The van der Waals surface area contributed by atoms with E-state index in [1.54, 1.807) is 6.33 Å². The molecule has 0 aromatic carbocycles. The van der Waals surface area contributed by atoms with Crippen LogP contribution in [0.3, 0.4) is 0 Å². The van der Waals surface area contributed by atoms with E-state index in [9.17, 15) is 4.79 Å². The quantitative estimate of drug-likeness (QED) is 0.757. The van der Waals surface area contributed by atoms with Gasteiger partial charge in [0.25, 0.3) is 5.91 Å². The van der Waals surface area contributed by atoms with Gasteiger partial charge in [-0.2, -0.15) is 0 Å². The number of rotatable bonds is 4. The van der Waals surface area contributed by atoms with Gasteiger partial charge >= 0.3 is 0 Å². The lowest BCUT2D eigenvalue weighted by Crippen LogP contribution is -2.49. The number of anilines is 2. The van der Waals surface area contributed by atoms with Crippen molar-refractivity contribution in [2.45, 2.75) is 18.8 Å². The number of hydrogen-bond donors (Lipinski definition) is 0. The van der Waals surface area contributed by atoms with Crippen molar-refractivity contribution >= 4 is 17.5 Å². The Kier molecular flexibility index (Phi) is 4.83. The molecule has 0 radical (unpaired) electrons. The minimum atomic E-state index is -0.0406. The summed E-state index contributed by atoms with van der Waals surface area (Å²) in [5.41, 5.74) is 0.430. The number of amides is 1. The normalized spacial score (nSPS) is 20.9. The van der Waals surface area contributed by atoms with Gasteiger partial charge in [0, 0.05) is 70.4 Å². The predicted octanol–water partition coefficient (Wildman–Crippen LogP) is 1.06. The van der Waals surface area contributed by atoms with E-state index in [4.69, 9.17) is 4.52 Å². The fraction of sp³-hybridized carbons (Fsp3) is 0.600. The van der Waals surface area contributed by atoms with Gasteiger partial charge in [-0.15, -0.1) is 0 Å². The maximum absolute atomic E-state index is 12.7. The molecule has 0 unspecified atom stereocenters. The highest BCUT2D eigenvalue weighted by atomic mass is 16.5. The number of likely N-dealkylation sites (N-methyl/N-ethyl adjacent to an activating group) is 1. The van der Waals surface area contributed by atoms with Crippen molar-refractivity contribution in [2.75, 3.05) is 69.2 Å². The smallest absolute Gasteiger partial charge is 0.276 e. The first-order valence-electron chi connectivity index (χ1n) is 10.4. The van der Waals surface area contributed by atoms with Gasteiger partial charge in [0.1, 0.15) is 23.7 Å². The Morgan fingerprint density at radius 1 is 0.931 bits per heavy atom. The second-order valence-electron chi connectivity index (χ2n) is 8.19. The molecule has 2 saturated heterocycles. The van der Waals surface area contributed by atoms with Crippen LogP contribution in [0.25, 0.3) is 0 Å². The van der Waals surface area contributed by atoms with Crippen LogP contribution in [-0.2, 0) is 0 Å². The molecule has 3 aliphatic rings. The van der Waals surface area contributed by atoms with E-state index in [-0.39, 0.29) is 5.91 Å². The van der Waals surface area contributed by atoms with E-state index in [1.165, 1.54) is 0 Å². The maximum atomic E-state index is 12.7. The van der Waals surface area contributed by atoms with Crippen molar-refractivity contribution in [3.8, 4) is 0 Å². The summed E-state index contributed by atoms with van der Waals surface area (Å²) in [6, 6.07) is 3.89. The Morgan fingerprint density at radius 3 is 2.17 bits per heavy atom. The molecule has 4 heterocycles. The second kappa shape index (κ2) is 7.62. The average Bonchev–Trinajstić information content (AvgIpc) is 3.50. The number of piperazine rings is 2. The molecule has 0 atom stereocenters. The summed E-state index contributed by atoms with van der Waals surface area (Å²) in [6.07, 6.45) is 3.92. The van der Waals surface area contributed by atoms with Crippen LogP contribution >= 0.6 is 0 Å². The van der Waals surface area contributed by atoms with Crippen molar-refractivity contribution < 1.29 is 9.32 Å². The van der Waals surface area contributed by atoms with Gasteiger partial charge in [0.05, 0.1) is 0 Å². The summed E-state index contributed by atoms with van der Waals surface area (Å²) in [6.45, 7) is 6.86. The molecule has 2 aliphatic heterocycles. The first-order valence-corrected chi connectivity index (χ1v) is 10.4. The molecule has 0 spiro atoms. The molecule has 0 N–H and O–H groups in total. The molecular formula is C20H27N7O2. The summed E-state index contributed by atoms with van der Waals surface area (Å²) in [7, 11) is 2.15. The van der Waals surface area contributed by atoms with Gasteiger partial charge in [-0.1, -0.05) is 5.16 Å². The van der Waals surface area contributed by atoms with Gasteiger partial charge in [0.2, 0.25) is 0 Å². The summed E-state index contributed by atoms with van der Waals surface area (Å²) in [5, 5.41) is 3.99. The van der Waals surface area contributed by atoms with Crippen LogP contribution in [0.1, 0.15) is 35.0 Å². The minimum absolute atomic E-state index is 0.0406. The second-order valence-corrected chi connectivity index (χ2v) is 8.19. The third-order valence-corrected chi connectivity index (χ3v) is 6.08. The van der Waals surface area contributed by atoms with Crippen LogP contribution in [0, 0.1) is 0 Å². The number of hydrogen-bond acceptors (Lipinski definition) is 8. The average molecular weight is 397 g/mol. The molecule has 3 fully saturated rings. The SMILES string of the molecule is CN1CCN(c2cc(N3CCN(C(=O)c4cc(C5CC5)on4)CC3)ncn2)CC1. The molecule has 0 bridgehead atoms. The van der Waals surface area contributed by atoms with Gasteiger partial charge in [-0.05, 0) is 19.9 Å². The third-order valence-electron chi connectivity index (χ3n) is 6.08. The lowest BCUT2D eigenvalue weighted by Gasteiger charge is -2.36. The van der Waals surface area contributed by atoms with Gasteiger partial charge in [0.15, 0.2) is 5.69 Å². The van der Waals surface area contributed by atoms with Crippen molar-refractivity contribution in [2.24, 2.45) is 0 Å². The zero-order chi connectivity index (χ0) is 19.8. The lowest BCUT2D eigenvalue weighted by molar-refractivity contribution is 0.0736. The largest absolute Gasteiger partial charge is 0.360 e. The summed E-state index contributed by atoms with van der Waals surface area (Å²) >= 11 is 0. The summed E-state index contributed by atoms with van der Waals surface area (Å²) in [5.74, 6) is 3.19. The van der Waals surface area contributed by atoms with Gasteiger partial charge in [-0.3, -0.25) is 4.79 Å². The Labute approximate surface area is 170 Å². The molecule has 1 amide bonds. The number of carbonyl (C=O) groups is 1. The predicted molar refractivity (Wildman–Crippen MR) is 108 cm³/mol. The molecule has 2 aromatic heterocycles. The van der Waals surface area contributed by atoms with Crippen LogP contribution in [0.4, 0.5) is 11.6 Å². The van der Waals surface area contributed by atoms with Crippen LogP contribution < -0.4 is 9.80 Å². The topological polar surface area (TPSA) is 81.8 Å². The molecule has 154 valence electrons. The zero-order valence-electron chi connectivity index (χ0n) is 16.8. The highest BCUT2D eigenvalue weighted by Gasteiger charge is 2.31. The van der Waals surface area contributed by atoms with Crippen molar-refractivity contribution in [1.82, 2.24) is 24.9 Å². The molecule has 9 nitrogen and oxygen atoms in total. The molecule has 5 rings (SSSR count). The highest BCUT2D eigenvalue weighted by Crippen LogP contribution is 2.40. The monoisotopic (exact) mass is 397 g/mol. The molecule has 9 heteroatoms. The lowest BCUT2D eigenvalue weighted by atomic mass is 10.2. The molecule has 29 heavy (non-hydrogen) atoms. The Bertz CT molecular complexity index is 865. The maximum Gasteiger partial charge on any atom is 0.276 e. The first-order chi connectivity index (χ1) is 14.2. The summed E-state index contributed by atoms with van der Waals surface area (Å²) in [4.78, 5) is 30.4. The number of carbonyl (C=O) groups excluding carboxylic acids is 1. The van der Waals surface area contributed by atoms with E-state index in [2.05, 4.69) is 42.9 Å². The number of nitrogens with zero attached hydrogens (tertiary/aromatic N) is 7. The van der Waals surface area contributed by atoms with Crippen LogP contribution in [-0.4, -0.2) is 90.2 Å². The van der Waals surface area contributed by atoms with Crippen LogP contribution in [0.2, 0.25) is 0 Å². The fourth-order valence-corrected chi connectivity index (χ4v) is 3.97. The van der Waals surface area contributed by atoms with E-state index in [1.807, 2.05) is 11.0 Å². The fourth-order valence-electron chi connectivity index (χ4n) is 3.97. The van der Waals surface area contributed by atoms with Crippen LogP contribution in [0.5, 0.6) is 0 Å². The Morgan fingerprint density at radius 2 is 1.55 bits per heavy atom.